The molecule has 0 spiro atoms. The summed E-state index contributed by atoms with van der Waals surface area (Å²) >= 11 is 6.78. The van der Waals surface area contributed by atoms with Gasteiger partial charge in [-0.05, 0) is 38.0 Å². The molecule has 1 saturated carbocycles. The molecule has 26 heavy (non-hydrogen) atoms. The molecule has 0 unspecified atom stereocenters. The molecule has 10 heteroatoms. The number of nitrogens with zero attached hydrogens (tertiary/aromatic N) is 3. The molecule has 0 saturated heterocycles. The van der Waals surface area contributed by atoms with Gasteiger partial charge in [0, 0.05) is 18.2 Å². The Morgan fingerprint density at radius 2 is 2.12 bits per heavy atom. The van der Waals surface area contributed by atoms with Crippen LogP contribution in [0.1, 0.15) is 37.1 Å². The molecule has 1 aromatic carbocycles. The number of nitrogens with one attached hydrogen (secondary N) is 1. The third-order valence-electron chi connectivity index (χ3n) is 3.89. The van der Waals surface area contributed by atoms with E-state index in [0.29, 0.717) is 17.6 Å². The number of aromatic nitrogens is 3. The van der Waals surface area contributed by atoms with Crippen LogP contribution >= 0.6 is 23.4 Å². The number of halogens is 4. The van der Waals surface area contributed by atoms with E-state index in [4.69, 9.17) is 11.6 Å². The minimum Gasteiger partial charge on any atom is -0.325 e. The van der Waals surface area contributed by atoms with Gasteiger partial charge >= 0.3 is 6.18 Å². The smallest absolute Gasteiger partial charge is 0.325 e. The Hall–Kier alpha value is -1.74. The van der Waals surface area contributed by atoms with Crippen molar-refractivity contribution in [1.29, 1.82) is 0 Å². The molecule has 140 valence electrons. The largest absolute Gasteiger partial charge is 0.417 e. The van der Waals surface area contributed by atoms with Gasteiger partial charge in [0.2, 0.25) is 5.91 Å². The zero-order chi connectivity index (χ0) is 18.9. The van der Waals surface area contributed by atoms with Crippen molar-refractivity contribution in [1.82, 2.24) is 14.8 Å². The first-order chi connectivity index (χ1) is 12.3. The highest BCUT2D eigenvalue weighted by Gasteiger charge is 2.33. The van der Waals surface area contributed by atoms with Crippen LogP contribution in [-0.2, 0) is 17.5 Å². The van der Waals surface area contributed by atoms with E-state index in [1.165, 1.54) is 17.8 Å². The molecule has 0 radical (unpaired) electrons. The van der Waals surface area contributed by atoms with Crippen LogP contribution in [0, 0.1) is 0 Å². The minimum absolute atomic E-state index is 0.0206. The van der Waals surface area contributed by atoms with Gasteiger partial charge in [-0.25, -0.2) is 0 Å². The van der Waals surface area contributed by atoms with E-state index in [1.807, 2.05) is 11.5 Å². The van der Waals surface area contributed by atoms with Crippen molar-refractivity contribution in [2.24, 2.45) is 0 Å². The van der Waals surface area contributed by atoms with Gasteiger partial charge < -0.3 is 9.88 Å². The number of rotatable bonds is 6. The molecule has 1 fully saturated rings. The fraction of sp³-hybridized carbons (Fsp3) is 0.438. The fourth-order valence-corrected chi connectivity index (χ4v) is 3.53. The molecule has 0 bridgehead atoms. The van der Waals surface area contributed by atoms with E-state index in [1.54, 1.807) is 0 Å². The summed E-state index contributed by atoms with van der Waals surface area (Å²) in [5.74, 6) is 0.972. The number of benzene rings is 1. The predicted molar refractivity (Wildman–Crippen MR) is 93.5 cm³/mol. The maximum absolute atomic E-state index is 12.9. The summed E-state index contributed by atoms with van der Waals surface area (Å²) in [4.78, 5) is 12.1. The quantitative estimate of drug-likeness (QED) is 0.716. The van der Waals surface area contributed by atoms with Gasteiger partial charge in [0.1, 0.15) is 5.82 Å². The second kappa shape index (κ2) is 7.48. The Morgan fingerprint density at radius 3 is 2.73 bits per heavy atom. The molecule has 0 aliphatic heterocycles. The number of thioether (sulfide) groups is 1. The summed E-state index contributed by atoms with van der Waals surface area (Å²) in [7, 11) is 0. The number of amides is 1. The average molecular weight is 405 g/mol. The Labute approximate surface area is 157 Å². The number of hydrogen-bond donors (Lipinski definition) is 1. The summed E-state index contributed by atoms with van der Waals surface area (Å²) in [5, 5.41) is 11.0. The minimum atomic E-state index is -4.58. The third kappa shape index (κ3) is 4.32. The molecule has 1 N–H and O–H groups in total. The van der Waals surface area contributed by atoms with E-state index in [2.05, 4.69) is 15.5 Å². The van der Waals surface area contributed by atoms with Crippen molar-refractivity contribution < 1.29 is 18.0 Å². The number of carbonyl (C=O) groups excluding carboxylic acids is 1. The first-order valence-electron chi connectivity index (χ1n) is 8.02. The van der Waals surface area contributed by atoms with Gasteiger partial charge in [-0.2, -0.15) is 13.2 Å². The van der Waals surface area contributed by atoms with Crippen LogP contribution in [0.4, 0.5) is 18.9 Å². The SMILES string of the molecule is CCn1c(SCC(=O)Nc2ccc(Cl)c(C(F)(F)F)c2)nnc1C1CC1. The molecule has 0 atom stereocenters. The lowest BCUT2D eigenvalue weighted by atomic mass is 10.2. The van der Waals surface area contributed by atoms with Gasteiger partial charge in [-0.15, -0.1) is 10.2 Å². The molecule has 2 aromatic rings. The van der Waals surface area contributed by atoms with Crippen LogP contribution in [0.3, 0.4) is 0 Å². The average Bonchev–Trinajstić information content (AvgIpc) is 3.33. The summed E-state index contributed by atoms with van der Waals surface area (Å²) in [6.07, 6.45) is -2.38. The van der Waals surface area contributed by atoms with E-state index in [9.17, 15) is 18.0 Å². The van der Waals surface area contributed by atoms with Crippen molar-refractivity contribution in [2.75, 3.05) is 11.1 Å². The Bertz CT molecular complexity index is 820. The second-order valence-corrected chi connectivity index (χ2v) is 7.24. The lowest BCUT2D eigenvalue weighted by Crippen LogP contribution is -2.16. The number of anilines is 1. The highest BCUT2D eigenvalue weighted by molar-refractivity contribution is 7.99. The van der Waals surface area contributed by atoms with E-state index in [-0.39, 0.29) is 11.4 Å². The topological polar surface area (TPSA) is 59.8 Å². The number of hydrogen-bond acceptors (Lipinski definition) is 4. The molecular formula is C16H16ClF3N4OS. The molecule has 1 amide bonds. The summed E-state index contributed by atoms with van der Waals surface area (Å²) in [6.45, 7) is 2.68. The molecular weight excluding hydrogens is 389 g/mol. The van der Waals surface area contributed by atoms with Gasteiger partial charge in [-0.3, -0.25) is 4.79 Å². The van der Waals surface area contributed by atoms with Gasteiger partial charge in [0.25, 0.3) is 0 Å². The van der Waals surface area contributed by atoms with E-state index in [0.717, 1.165) is 30.8 Å². The van der Waals surface area contributed by atoms with Crippen LogP contribution in [-0.4, -0.2) is 26.4 Å². The van der Waals surface area contributed by atoms with E-state index < -0.39 is 22.7 Å². The molecule has 1 aliphatic rings. The van der Waals surface area contributed by atoms with Crippen LogP contribution in [0.15, 0.2) is 23.4 Å². The Kier molecular flexibility index (Phi) is 5.47. The zero-order valence-electron chi connectivity index (χ0n) is 13.8. The maximum atomic E-state index is 12.9. The van der Waals surface area contributed by atoms with Crippen LogP contribution in [0.2, 0.25) is 5.02 Å². The maximum Gasteiger partial charge on any atom is 0.417 e. The van der Waals surface area contributed by atoms with Gasteiger partial charge in [0.15, 0.2) is 5.16 Å². The lowest BCUT2D eigenvalue weighted by molar-refractivity contribution is -0.137. The fourth-order valence-electron chi connectivity index (χ4n) is 2.50. The first-order valence-corrected chi connectivity index (χ1v) is 9.38. The Morgan fingerprint density at radius 1 is 1.38 bits per heavy atom. The van der Waals surface area contributed by atoms with Crippen LogP contribution in [0.25, 0.3) is 0 Å². The monoisotopic (exact) mass is 404 g/mol. The summed E-state index contributed by atoms with van der Waals surface area (Å²) in [6, 6.07) is 3.27. The van der Waals surface area contributed by atoms with Crippen molar-refractivity contribution in [3.63, 3.8) is 0 Å². The van der Waals surface area contributed by atoms with Crippen molar-refractivity contribution in [3.05, 3.63) is 34.6 Å². The lowest BCUT2D eigenvalue weighted by Gasteiger charge is -2.12. The molecule has 5 nitrogen and oxygen atoms in total. The normalized spacial score (nSPS) is 14.5. The Balaban J connectivity index is 1.63. The highest BCUT2D eigenvalue weighted by Crippen LogP contribution is 2.40. The number of carbonyl (C=O) groups is 1. The van der Waals surface area contributed by atoms with Gasteiger partial charge in [-0.1, -0.05) is 23.4 Å². The second-order valence-electron chi connectivity index (χ2n) is 5.89. The van der Waals surface area contributed by atoms with Crippen LogP contribution in [0.5, 0.6) is 0 Å². The molecule has 3 rings (SSSR count). The van der Waals surface area contributed by atoms with Gasteiger partial charge in [0.05, 0.1) is 16.3 Å². The first kappa shape index (κ1) is 19.0. The van der Waals surface area contributed by atoms with Crippen LogP contribution < -0.4 is 5.32 Å². The molecule has 1 aromatic heterocycles. The van der Waals surface area contributed by atoms with Crippen molar-refractivity contribution >= 4 is 35.0 Å². The predicted octanol–water partition coefficient (Wildman–Crippen LogP) is 4.58. The zero-order valence-corrected chi connectivity index (χ0v) is 15.4. The molecule has 1 aliphatic carbocycles. The standard InChI is InChI=1S/C16H16ClF3N4OS/c1-2-24-14(9-3-4-9)22-23-15(24)26-8-13(25)21-10-5-6-12(17)11(7-10)16(18,19)20/h5-7,9H,2-4,8H2,1H3,(H,21,25). The molecule has 1 heterocycles. The summed E-state index contributed by atoms with van der Waals surface area (Å²) in [5.41, 5.74) is -0.938. The number of alkyl halides is 3. The van der Waals surface area contributed by atoms with E-state index >= 15 is 0 Å². The third-order valence-corrected chi connectivity index (χ3v) is 5.19. The van der Waals surface area contributed by atoms with Crippen molar-refractivity contribution in [2.45, 2.75) is 43.6 Å². The highest BCUT2D eigenvalue weighted by atomic mass is 35.5. The summed E-state index contributed by atoms with van der Waals surface area (Å²) < 4.78 is 40.6. The van der Waals surface area contributed by atoms with Crippen molar-refractivity contribution in [3.8, 4) is 0 Å².